The van der Waals surface area contributed by atoms with Gasteiger partial charge in [-0.25, -0.2) is 0 Å². The molecule has 0 fully saturated rings. The maximum Gasteiger partial charge on any atom is 0.0886 e. The number of rotatable bonds is 3. The Labute approximate surface area is 139 Å². The lowest BCUT2D eigenvalue weighted by Gasteiger charge is -2.02. The van der Waals surface area contributed by atoms with E-state index in [-0.39, 0.29) is 0 Å². The first-order valence-electron chi connectivity index (χ1n) is 6.73. The molecule has 0 aliphatic heterocycles. The Bertz CT molecular complexity index is 777. The van der Waals surface area contributed by atoms with Crippen LogP contribution in [0.25, 0.3) is 23.5 Å². The molecule has 0 N–H and O–H groups in total. The standard InChI is InChI=1S/C18H12Cl2N2/c19-15-4-3-5-16(20)14(15)9-7-13-8-10-18(22-12-13)17-6-1-2-11-21-17/h1-12H/b9-7+. The summed E-state index contributed by atoms with van der Waals surface area (Å²) < 4.78 is 0. The fourth-order valence-electron chi connectivity index (χ4n) is 2.02. The maximum atomic E-state index is 6.14. The van der Waals surface area contributed by atoms with Gasteiger partial charge < -0.3 is 0 Å². The summed E-state index contributed by atoms with van der Waals surface area (Å²) >= 11 is 12.3. The number of halogens is 2. The summed E-state index contributed by atoms with van der Waals surface area (Å²) in [6.07, 6.45) is 7.37. The van der Waals surface area contributed by atoms with Crippen LogP contribution in [-0.4, -0.2) is 9.97 Å². The summed E-state index contributed by atoms with van der Waals surface area (Å²) in [5, 5.41) is 1.25. The molecule has 0 unspecified atom stereocenters. The van der Waals surface area contributed by atoms with Crippen molar-refractivity contribution in [1.29, 1.82) is 0 Å². The van der Waals surface area contributed by atoms with Gasteiger partial charge >= 0.3 is 0 Å². The third-order valence-electron chi connectivity index (χ3n) is 3.16. The van der Waals surface area contributed by atoms with Gasteiger partial charge in [0.25, 0.3) is 0 Å². The lowest BCUT2D eigenvalue weighted by Crippen LogP contribution is -1.86. The molecule has 0 saturated heterocycles. The fraction of sp³-hybridized carbons (Fsp3) is 0. The van der Waals surface area contributed by atoms with Crippen LogP contribution in [0.3, 0.4) is 0 Å². The minimum absolute atomic E-state index is 0.627. The number of hydrogen-bond acceptors (Lipinski definition) is 2. The van der Waals surface area contributed by atoms with E-state index in [4.69, 9.17) is 23.2 Å². The summed E-state index contributed by atoms with van der Waals surface area (Å²) in [4.78, 5) is 8.71. The molecule has 2 heterocycles. The first-order chi connectivity index (χ1) is 10.7. The van der Waals surface area contributed by atoms with Crippen LogP contribution in [0.2, 0.25) is 10.0 Å². The molecule has 3 aromatic rings. The van der Waals surface area contributed by atoms with E-state index in [9.17, 15) is 0 Å². The molecule has 2 nitrogen and oxygen atoms in total. The van der Waals surface area contributed by atoms with Gasteiger partial charge in [0, 0.05) is 28.0 Å². The summed E-state index contributed by atoms with van der Waals surface area (Å²) in [6, 6.07) is 15.1. The van der Waals surface area contributed by atoms with Gasteiger partial charge in [-0.05, 0) is 35.9 Å². The molecule has 1 aromatic carbocycles. The molecular weight excluding hydrogens is 315 g/mol. The lowest BCUT2D eigenvalue weighted by molar-refractivity contribution is 1.24. The van der Waals surface area contributed by atoms with E-state index in [1.54, 1.807) is 12.4 Å². The Morgan fingerprint density at radius 3 is 2.14 bits per heavy atom. The third kappa shape index (κ3) is 3.35. The zero-order chi connectivity index (χ0) is 15.4. The second-order valence-corrected chi connectivity index (χ2v) is 5.47. The minimum atomic E-state index is 0.627. The molecule has 0 atom stereocenters. The SMILES string of the molecule is Clc1cccc(Cl)c1/C=C/c1ccc(-c2ccccn2)nc1. The Morgan fingerprint density at radius 2 is 1.50 bits per heavy atom. The van der Waals surface area contributed by atoms with Crippen molar-refractivity contribution in [1.82, 2.24) is 9.97 Å². The van der Waals surface area contributed by atoms with Crippen molar-refractivity contribution in [2.24, 2.45) is 0 Å². The van der Waals surface area contributed by atoms with Gasteiger partial charge in [-0.15, -0.1) is 0 Å². The molecule has 0 radical (unpaired) electrons. The average molecular weight is 327 g/mol. The van der Waals surface area contributed by atoms with E-state index in [1.807, 2.05) is 60.7 Å². The minimum Gasteiger partial charge on any atom is -0.255 e. The Balaban J connectivity index is 1.84. The summed E-state index contributed by atoms with van der Waals surface area (Å²) in [7, 11) is 0. The van der Waals surface area contributed by atoms with Gasteiger partial charge in [-0.2, -0.15) is 0 Å². The van der Waals surface area contributed by atoms with Crippen LogP contribution >= 0.6 is 23.2 Å². The Morgan fingerprint density at radius 1 is 0.727 bits per heavy atom. The number of nitrogens with zero attached hydrogens (tertiary/aromatic N) is 2. The van der Waals surface area contributed by atoms with Crippen molar-refractivity contribution >= 4 is 35.4 Å². The topological polar surface area (TPSA) is 25.8 Å². The molecule has 2 aromatic heterocycles. The highest BCUT2D eigenvalue weighted by atomic mass is 35.5. The van der Waals surface area contributed by atoms with Crippen molar-refractivity contribution in [3.8, 4) is 11.4 Å². The maximum absolute atomic E-state index is 6.14. The Hall–Kier alpha value is -2.16. The molecular formula is C18H12Cl2N2. The van der Waals surface area contributed by atoms with Crippen molar-refractivity contribution in [2.45, 2.75) is 0 Å². The van der Waals surface area contributed by atoms with E-state index in [0.29, 0.717) is 10.0 Å². The molecule has 22 heavy (non-hydrogen) atoms. The van der Waals surface area contributed by atoms with Gasteiger partial charge in [-0.1, -0.05) is 53.6 Å². The monoisotopic (exact) mass is 326 g/mol. The number of benzene rings is 1. The van der Waals surface area contributed by atoms with Crippen molar-refractivity contribution in [3.05, 3.63) is 82.1 Å². The molecule has 0 bridgehead atoms. The number of hydrogen-bond donors (Lipinski definition) is 0. The van der Waals surface area contributed by atoms with Gasteiger partial charge in [-0.3, -0.25) is 9.97 Å². The first-order valence-corrected chi connectivity index (χ1v) is 7.49. The van der Waals surface area contributed by atoms with E-state index < -0.39 is 0 Å². The van der Waals surface area contributed by atoms with Crippen molar-refractivity contribution in [3.63, 3.8) is 0 Å². The van der Waals surface area contributed by atoms with Gasteiger partial charge in [0.2, 0.25) is 0 Å². The second kappa shape index (κ2) is 6.73. The van der Waals surface area contributed by atoms with Crippen LogP contribution in [0.15, 0.2) is 60.9 Å². The van der Waals surface area contributed by atoms with Crippen LogP contribution in [0, 0.1) is 0 Å². The number of aromatic nitrogens is 2. The second-order valence-electron chi connectivity index (χ2n) is 4.66. The molecule has 0 saturated carbocycles. The summed E-state index contributed by atoms with van der Waals surface area (Å²) in [5.74, 6) is 0. The van der Waals surface area contributed by atoms with E-state index in [0.717, 1.165) is 22.5 Å². The molecule has 0 amide bonds. The van der Waals surface area contributed by atoms with Crippen LogP contribution in [0.4, 0.5) is 0 Å². The van der Waals surface area contributed by atoms with Gasteiger partial charge in [0.1, 0.15) is 0 Å². The van der Waals surface area contributed by atoms with Gasteiger partial charge in [0.15, 0.2) is 0 Å². The zero-order valence-electron chi connectivity index (χ0n) is 11.6. The van der Waals surface area contributed by atoms with Crippen LogP contribution in [0.1, 0.15) is 11.1 Å². The molecule has 0 spiro atoms. The smallest absolute Gasteiger partial charge is 0.0886 e. The van der Waals surface area contributed by atoms with Crippen molar-refractivity contribution in [2.75, 3.05) is 0 Å². The molecule has 0 aliphatic rings. The summed E-state index contributed by atoms with van der Waals surface area (Å²) in [6.45, 7) is 0. The lowest BCUT2D eigenvalue weighted by atomic mass is 10.1. The number of pyridine rings is 2. The molecule has 0 aliphatic carbocycles. The summed E-state index contributed by atoms with van der Waals surface area (Å²) in [5.41, 5.74) is 3.47. The van der Waals surface area contributed by atoms with E-state index in [1.165, 1.54) is 0 Å². The average Bonchev–Trinajstić information content (AvgIpc) is 2.56. The highest BCUT2D eigenvalue weighted by Crippen LogP contribution is 2.26. The molecule has 4 heteroatoms. The predicted molar refractivity (Wildman–Crippen MR) is 92.9 cm³/mol. The van der Waals surface area contributed by atoms with Crippen molar-refractivity contribution < 1.29 is 0 Å². The first kappa shape index (κ1) is 14.8. The normalized spacial score (nSPS) is 11.0. The van der Waals surface area contributed by atoms with E-state index >= 15 is 0 Å². The fourth-order valence-corrected chi connectivity index (χ4v) is 2.54. The highest BCUT2D eigenvalue weighted by molar-refractivity contribution is 6.37. The largest absolute Gasteiger partial charge is 0.255 e. The third-order valence-corrected chi connectivity index (χ3v) is 3.82. The predicted octanol–water partition coefficient (Wildman–Crippen LogP) is 5.62. The van der Waals surface area contributed by atoms with Crippen LogP contribution in [0.5, 0.6) is 0 Å². The zero-order valence-corrected chi connectivity index (χ0v) is 13.1. The van der Waals surface area contributed by atoms with Crippen LogP contribution in [-0.2, 0) is 0 Å². The molecule has 108 valence electrons. The Kier molecular flexibility index (Phi) is 4.52. The quantitative estimate of drug-likeness (QED) is 0.624. The van der Waals surface area contributed by atoms with Gasteiger partial charge in [0.05, 0.1) is 11.4 Å². The van der Waals surface area contributed by atoms with E-state index in [2.05, 4.69) is 9.97 Å². The highest BCUT2D eigenvalue weighted by Gasteiger charge is 2.02. The molecule has 3 rings (SSSR count). The van der Waals surface area contributed by atoms with Crippen LogP contribution < -0.4 is 0 Å².